The van der Waals surface area contributed by atoms with E-state index in [0.29, 0.717) is 19.5 Å². The predicted octanol–water partition coefficient (Wildman–Crippen LogP) is 1.95. The highest BCUT2D eigenvalue weighted by molar-refractivity contribution is 5.76. The summed E-state index contributed by atoms with van der Waals surface area (Å²) in [6.07, 6.45) is 0.487. The minimum atomic E-state index is 0.113. The van der Waals surface area contributed by atoms with E-state index in [1.54, 1.807) is 12.0 Å². The van der Waals surface area contributed by atoms with E-state index >= 15 is 0 Å². The van der Waals surface area contributed by atoms with Gasteiger partial charge in [-0.2, -0.15) is 0 Å². The Morgan fingerprint density at radius 3 is 2.74 bits per heavy atom. The number of aryl methyl sites for hydroxylation is 1. The van der Waals surface area contributed by atoms with Crippen LogP contribution in [0.5, 0.6) is 5.75 Å². The molecule has 4 nitrogen and oxygen atoms in total. The lowest BCUT2D eigenvalue weighted by Gasteiger charge is -2.20. The average Bonchev–Trinajstić information content (AvgIpc) is 2.38. The molecule has 0 aromatic heterocycles. The first-order valence-corrected chi connectivity index (χ1v) is 6.55. The van der Waals surface area contributed by atoms with Crippen molar-refractivity contribution in [2.24, 2.45) is 11.7 Å². The van der Waals surface area contributed by atoms with Gasteiger partial charge in [0.15, 0.2) is 0 Å². The number of methoxy groups -OCH3 is 1. The normalized spacial score (nSPS) is 12.1. The standard InChI is InChI=1S/C15H24N2O2/c1-11-5-6-14(19-4)13(7-11)10-17(3)15(18)8-12(2)9-16/h5-7,12H,8-10,16H2,1-4H3. The highest BCUT2D eigenvalue weighted by atomic mass is 16.5. The van der Waals surface area contributed by atoms with Gasteiger partial charge >= 0.3 is 0 Å². The molecule has 0 bridgehead atoms. The van der Waals surface area contributed by atoms with Crippen molar-refractivity contribution in [1.29, 1.82) is 0 Å². The molecule has 1 amide bonds. The molecule has 0 radical (unpaired) electrons. The van der Waals surface area contributed by atoms with Crippen LogP contribution in [0.1, 0.15) is 24.5 Å². The second kappa shape index (κ2) is 7.14. The number of nitrogens with zero attached hydrogens (tertiary/aromatic N) is 1. The summed E-state index contributed by atoms with van der Waals surface area (Å²) in [5.41, 5.74) is 7.73. The zero-order valence-electron chi connectivity index (χ0n) is 12.3. The van der Waals surface area contributed by atoms with Crippen LogP contribution in [0, 0.1) is 12.8 Å². The van der Waals surface area contributed by atoms with Crippen LogP contribution in [0.3, 0.4) is 0 Å². The van der Waals surface area contributed by atoms with Crippen molar-refractivity contribution in [3.8, 4) is 5.75 Å². The average molecular weight is 264 g/mol. The Morgan fingerprint density at radius 1 is 1.47 bits per heavy atom. The molecule has 1 unspecified atom stereocenters. The summed E-state index contributed by atoms with van der Waals surface area (Å²) in [7, 11) is 3.46. The van der Waals surface area contributed by atoms with Crippen LogP contribution in [0.2, 0.25) is 0 Å². The molecule has 1 aromatic carbocycles. The van der Waals surface area contributed by atoms with E-state index in [9.17, 15) is 4.79 Å². The number of amides is 1. The lowest BCUT2D eigenvalue weighted by atomic mass is 10.1. The lowest BCUT2D eigenvalue weighted by molar-refractivity contribution is -0.131. The van der Waals surface area contributed by atoms with Crippen molar-refractivity contribution >= 4 is 5.91 Å². The first-order valence-electron chi connectivity index (χ1n) is 6.55. The Kier molecular flexibility index (Phi) is 5.83. The van der Waals surface area contributed by atoms with Crippen molar-refractivity contribution in [3.63, 3.8) is 0 Å². The minimum Gasteiger partial charge on any atom is -0.496 e. The summed E-state index contributed by atoms with van der Waals surface area (Å²) >= 11 is 0. The van der Waals surface area contributed by atoms with Gasteiger partial charge in [0, 0.05) is 25.6 Å². The molecule has 1 rings (SSSR count). The predicted molar refractivity (Wildman–Crippen MR) is 77.0 cm³/mol. The second-order valence-electron chi connectivity index (χ2n) is 5.11. The molecule has 0 aliphatic rings. The summed E-state index contributed by atoms with van der Waals surface area (Å²) in [6, 6.07) is 5.99. The molecule has 0 saturated heterocycles. The Morgan fingerprint density at radius 2 is 2.16 bits per heavy atom. The summed E-state index contributed by atoms with van der Waals surface area (Å²) in [6.45, 7) is 5.11. The summed E-state index contributed by atoms with van der Waals surface area (Å²) < 4.78 is 5.33. The fraction of sp³-hybridized carbons (Fsp3) is 0.533. The fourth-order valence-corrected chi connectivity index (χ4v) is 1.91. The number of hydrogen-bond donors (Lipinski definition) is 1. The second-order valence-corrected chi connectivity index (χ2v) is 5.11. The van der Waals surface area contributed by atoms with E-state index in [-0.39, 0.29) is 11.8 Å². The van der Waals surface area contributed by atoms with Crippen LogP contribution in [-0.2, 0) is 11.3 Å². The number of carbonyl (C=O) groups is 1. The van der Waals surface area contributed by atoms with E-state index in [1.807, 2.05) is 33.0 Å². The first-order chi connectivity index (χ1) is 8.97. The third-order valence-electron chi connectivity index (χ3n) is 3.19. The zero-order valence-corrected chi connectivity index (χ0v) is 12.3. The SMILES string of the molecule is COc1ccc(C)cc1CN(C)C(=O)CC(C)CN. The molecule has 106 valence electrons. The molecule has 1 atom stereocenters. The van der Waals surface area contributed by atoms with Crippen LogP contribution >= 0.6 is 0 Å². The Labute approximate surface area is 115 Å². The van der Waals surface area contributed by atoms with Gasteiger partial charge in [0.05, 0.1) is 7.11 Å². The number of carbonyl (C=O) groups excluding carboxylic acids is 1. The van der Waals surface area contributed by atoms with E-state index in [0.717, 1.165) is 16.9 Å². The van der Waals surface area contributed by atoms with Gasteiger partial charge in [-0.05, 0) is 25.5 Å². The maximum Gasteiger partial charge on any atom is 0.222 e. The fourth-order valence-electron chi connectivity index (χ4n) is 1.91. The first kappa shape index (κ1) is 15.5. The van der Waals surface area contributed by atoms with Gasteiger partial charge in [-0.25, -0.2) is 0 Å². The van der Waals surface area contributed by atoms with Gasteiger partial charge in [0.25, 0.3) is 0 Å². The van der Waals surface area contributed by atoms with E-state index in [1.165, 1.54) is 0 Å². The Bertz CT molecular complexity index is 432. The molecule has 19 heavy (non-hydrogen) atoms. The Hall–Kier alpha value is -1.55. The van der Waals surface area contributed by atoms with Crippen LogP contribution in [-0.4, -0.2) is 31.5 Å². The molecular formula is C15H24N2O2. The lowest BCUT2D eigenvalue weighted by Crippen LogP contribution is -2.29. The Balaban J connectivity index is 2.73. The number of ether oxygens (including phenoxy) is 1. The van der Waals surface area contributed by atoms with E-state index in [2.05, 4.69) is 6.07 Å². The van der Waals surface area contributed by atoms with Crippen molar-refractivity contribution in [3.05, 3.63) is 29.3 Å². The van der Waals surface area contributed by atoms with Crippen LogP contribution < -0.4 is 10.5 Å². The molecule has 2 N–H and O–H groups in total. The van der Waals surface area contributed by atoms with Crippen molar-refractivity contribution in [2.75, 3.05) is 20.7 Å². The largest absolute Gasteiger partial charge is 0.496 e. The topological polar surface area (TPSA) is 55.6 Å². The number of rotatable bonds is 6. The van der Waals surface area contributed by atoms with Crippen molar-refractivity contribution in [2.45, 2.75) is 26.8 Å². The number of hydrogen-bond acceptors (Lipinski definition) is 3. The van der Waals surface area contributed by atoms with Crippen molar-refractivity contribution < 1.29 is 9.53 Å². The molecule has 0 heterocycles. The van der Waals surface area contributed by atoms with E-state index < -0.39 is 0 Å². The third-order valence-corrected chi connectivity index (χ3v) is 3.19. The smallest absolute Gasteiger partial charge is 0.222 e. The third kappa shape index (κ3) is 4.56. The van der Waals surface area contributed by atoms with Gasteiger partial charge < -0.3 is 15.4 Å². The highest BCUT2D eigenvalue weighted by Gasteiger charge is 2.14. The molecule has 0 aliphatic carbocycles. The number of nitrogens with two attached hydrogens (primary N) is 1. The minimum absolute atomic E-state index is 0.113. The van der Waals surface area contributed by atoms with Crippen molar-refractivity contribution in [1.82, 2.24) is 4.90 Å². The van der Waals surface area contributed by atoms with Gasteiger partial charge in [0.2, 0.25) is 5.91 Å². The molecule has 0 aliphatic heterocycles. The van der Waals surface area contributed by atoms with Gasteiger partial charge in [-0.1, -0.05) is 24.6 Å². The monoisotopic (exact) mass is 264 g/mol. The van der Waals surface area contributed by atoms with Gasteiger partial charge in [-0.15, -0.1) is 0 Å². The maximum atomic E-state index is 12.0. The van der Waals surface area contributed by atoms with Gasteiger partial charge in [-0.3, -0.25) is 4.79 Å². The zero-order chi connectivity index (χ0) is 14.4. The van der Waals surface area contributed by atoms with Crippen LogP contribution in [0.25, 0.3) is 0 Å². The quantitative estimate of drug-likeness (QED) is 0.854. The summed E-state index contributed by atoms with van der Waals surface area (Å²) in [5, 5.41) is 0. The molecular weight excluding hydrogens is 240 g/mol. The number of benzene rings is 1. The van der Waals surface area contributed by atoms with Crippen LogP contribution in [0.4, 0.5) is 0 Å². The van der Waals surface area contributed by atoms with Gasteiger partial charge in [0.1, 0.15) is 5.75 Å². The molecule has 1 aromatic rings. The summed E-state index contributed by atoms with van der Waals surface area (Å²) in [4.78, 5) is 13.8. The molecule has 4 heteroatoms. The highest BCUT2D eigenvalue weighted by Crippen LogP contribution is 2.21. The molecule has 0 spiro atoms. The van der Waals surface area contributed by atoms with E-state index in [4.69, 9.17) is 10.5 Å². The molecule has 0 saturated carbocycles. The molecule has 0 fully saturated rings. The van der Waals surface area contributed by atoms with Crippen LogP contribution in [0.15, 0.2) is 18.2 Å². The summed E-state index contributed by atoms with van der Waals surface area (Å²) in [5.74, 6) is 1.15. The maximum absolute atomic E-state index is 12.0.